The Hall–Kier alpha value is -2.24. The lowest BCUT2D eigenvalue weighted by Crippen LogP contribution is -2.26. The van der Waals surface area contributed by atoms with Crippen molar-refractivity contribution in [1.82, 2.24) is 4.90 Å². The summed E-state index contributed by atoms with van der Waals surface area (Å²) >= 11 is 0. The average molecular weight is 297 g/mol. The molecule has 3 nitrogen and oxygen atoms in total. The van der Waals surface area contributed by atoms with Crippen LogP contribution >= 0.6 is 0 Å². The Bertz CT molecular complexity index is 629. The fourth-order valence-electron chi connectivity index (χ4n) is 1.91. The molecular formula is C15H14F3NO2. The van der Waals surface area contributed by atoms with Crippen LogP contribution < -0.4 is 0 Å². The molecule has 0 N–H and O–H groups in total. The number of hydrogen-bond acceptors (Lipinski definition) is 2. The molecule has 1 heterocycles. The molecule has 0 fully saturated rings. The van der Waals surface area contributed by atoms with Crippen molar-refractivity contribution in [2.75, 3.05) is 7.05 Å². The highest BCUT2D eigenvalue weighted by Crippen LogP contribution is 2.29. The average Bonchev–Trinajstić information content (AvgIpc) is 2.83. The van der Waals surface area contributed by atoms with Crippen molar-refractivity contribution in [1.29, 1.82) is 0 Å². The minimum atomic E-state index is -4.36. The molecule has 1 aromatic heterocycles. The largest absolute Gasteiger partial charge is 0.459 e. The van der Waals surface area contributed by atoms with E-state index in [4.69, 9.17) is 4.42 Å². The van der Waals surface area contributed by atoms with Gasteiger partial charge in [0.1, 0.15) is 0 Å². The van der Waals surface area contributed by atoms with Crippen LogP contribution in [-0.2, 0) is 12.7 Å². The lowest BCUT2D eigenvalue weighted by molar-refractivity contribution is -0.137. The third kappa shape index (κ3) is 3.45. The number of nitrogens with zero attached hydrogens (tertiary/aromatic N) is 1. The number of aryl methyl sites for hydroxylation is 1. The maximum Gasteiger partial charge on any atom is 0.416 e. The number of halogens is 3. The van der Waals surface area contributed by atoms with E-state index in [1.54, 1.807) is 20.0 Å². The summed E-state index contributed by atoms with van der Waals surface area (Å²) in [4.78, 5) is 13.5. The Morgan fingerprint density at radius 2 is 1.81 bits per heavy atom. The van der Waals surface area contributed by atoms with Crippen LogP contribution in [0.25, 0.3) is 0 Å². The number of amides is 1. The van der Waals surface area contributed by atoms with E-state index in [9.17, 15) is 18.0 Å². The molecule has 0 aliphatic carbocycles. The van der Waals surface area contributed by atoms with Crippen molar-refractivity contribution in [3.8, 4) is 0 Å². The van der Waals surface area contributed by atoms with Crippen LogP contribution in [0.15, 0.2) is 41.0 Å². The zero-order chi connectivity index (χ0) is 15.6. The summed E-state index contributed by atoms with van der Waals surface area (Å²) in [5.74, 6) is -0.0678. The molecule has 0 atom stereocenters. The Labute approximate surface area is 120 Å². The predicted molar refractivity (Wildman–Crippen MR) is 70.7 cm³/mol. The van der Waals surface area contributed by atoms with E-state index >= 15 is 0 Å². The zero-order valence-corrected chi connectivity index (χ0v) is 11.6. The van der Waals surface area contributed by atoms with Crippen molar-refractivity contribution in [2.24, 2.45) is 0 Å². The van der Waals surface area contributed by atoms with Crippen LogP contribution in [0.1, 0.15) is 27.2 Å². The van der Waals surface area contributed by atoms with E-state index < -0.39 is 11.7 Å². The lowest BCUT2D eigenvalue weighted by atomic mass is 10.1. The van der Waals surface area contributed by atoms with Gasteiger partial charge in [-0.25, -0.2) is 0 Å². The van der Waals surface area contributed by atoms with Gasteiger partial charge in [0.2, 0.25) is 0 Å². The number of furan rings is 1. The van der Waals surface area contributed by atoms with Gasteiger partial charge in [-0.05, 0) is 30.7 Å². The third-order valence-electron chi connectivity index (χ3n) is 3.10. The van der Waals surface area contributed by atoms with Gasteiger partial charge >= 0.3 is 6.18 Å². The monoisotopic (exact) mass is 297 g/mol. The first-order valence-electron chi connectivity index (χ1n) is 6.24. The number of rotatable bonds is 3. The summed E-state index contributed by atoms with van der Waals surface area (Å²) in [6.45, 7) is 1.96. The highest BCUT2D eigenvalue weighted by Gasteiger charge is 2.30. The van der Waals surface area contributed by atoms with Gasteiger partial charge in [-0.15, -0.1) is 0 Å². The molecule has 0 aliphatic heterocycles. The molecule has 0 aliphatic rings. The first-order chi connectivity index (χ1) is 9.79. The smallest absolute Gasteiger partial charge is 0.416 e. The first kappa shape index (κ1) is 15.2. The fraction of sp³-hybridized carbons (Fsp3) is 0.267. The van der Waals surface area contributed by atoms with Crippen LogP contribution in [0.4, 0.5) is 13.2 Å². The first-order valence-corrected chi connectivity index (χ1v) is 6.24. The molecule has 21 heavy (non-hydrogen) atoms. The van der Waals surface area contributed by atoms with Crippen molar-refractivity contribution >= 4 is 5.91 Å². The van der Waals surface area contributed by atoms with Gasteiger partial charge in [0.25, 0.3) is 5.91 Å². The summed E-state index contributed by atoms with van der Waals surface area (Å²) in [7, 11) is 1.57. The highest BCUT2D eigenvalue weighted by molar-refractivity contribution is 5.92. The van der Waals surface area contributed by atoms with Crippen LogP contribution in [0.2, 0.25) is 0 Å². The molecule has 0 saturated carbocycles. The quantitative estimate of drug-likeness (QED) is 0.861. The molecule has 0 bridgehead atoms. The third-order valence-corrected chi connectivity index (χ3v) is 3.10. The van der Waals surface area contributed by atoms with Crippen LogP contribution in [0.5, 0.6) is 0 Å². The molecule has 112 valence electrons. The van der Waals surface area contributed by atoms with Gasteiger partial charge in [0, 0.05) is 19.2 Å². The molecule has 1 amide bonds. The Morgan fingerprint density at radius 1 is 1.19 bits per heavy atom. The lowest BCUT2D eigenvalue weighted by Gasteiger charge is -2.17. The molecule has 1 aromatic carbocycles. The SMILES string of the molecule is Cc1ccoc1C(=O)N(C)Cc1ccc(C(F)(F)F)cc1. The zero-order valence-electron chi connectivity index (χ0n) is 11.6. The Kier molecular flexibility index (Phi) is 4.06. The molecule has 0 spiro atoms. The van der Waals surface area contributed by atoms with E-state index in [0.717, 1.165) is 17.7 Å². The number of benzene rings is 1. The van der Waals surface area contributed by atoms with Crippen molar-refractivity contribution in [2.45, 2.75) is 19.6 Å². The summed E-state index contributed by atoms with van der Waals surface area (Å²) in [6, 6.07) is 6.42. The topological polar surface area (TPSA) is 33.5 Å². The van der Waals surface area contributed by atoms with E-state index in [2.05, 4.69) is 0 Å². The van der Waals surface area contributed by atoms with E-state index in [1.165, 1.54) is 23.3 Å². The van der Waals surface area contributed by atoms with Gasteiger partial charge < -0.3 is 9.32 Å². The summed E-state index contributed by atoms with van der Waals surface area (Å²) in [5.41, 5.74) is 0.629. The number of hydrogen-bond donors (Lipinski definition) is 0. The van der Waals surface area contributed by atoms with Gasteiger partial charge in [0.05, 0.1) is 11.8 Å². The number of alkyl halides is 3. The van der Waals surface area contributed by atoms with Crippen molar-refractivity contribution in [3.63, 3.8) is 0 Å². The van der Waals surface area contributed by atoms with Crippen LogP contribution in [0, 0.1) is 6.92 Å². The second-order valence-corrected chi connectivity index (χ2v) is 4.79. The summed E-state index contributed by atoms with van der Waals surface area (Å²) in [6.07, 6.45) is -2.93. The second kappa shape index (κ2) is 5.63. The Balaban J connectivity index is 2.08. The Morgan fingerprint density at radius 3 is 2.29 bits per heavy atom. The summed E-state index contributed by atoms with van der Waals surface area (Å²) < 4.78 is 42.5. The van der Waals surface area contributed by atoms with Gasteiger partial charge in [-0.2, -0.15) is 13.2 Å². The molecule has 0 saturated heterocycles. The minimum absolute atomic E-state index is 0.205. The van der Waals surface area contributed by atoms with Crippen LogP contribution in [0.3, 0.4) is 0 Å². The maximum absolute atomic E-state index is 12.5. The van der Waals surface area contributed by atoms with Crippen molar-refractivity contribution < 1.29 is 22.4 Å². The predicted octanol–water partition coefficient (Wildman–Crippen LogP) is 3.88. The maximum atomic E-state index is 12.5. The van der Waals surface area contributed by atoms with Gasteiger partial charge in [0.15, 0.2) is 5.76 Å². The molecule has 0 radical (unpaired) electrons. The normalized spacial score (nSPS) is 11.5. The van der Waals surface area contributed by atoms with E-state index in [-0.39, 0.29) is 18.2 Å². The fourth-order valence-corrected chi connectivity index (χ4v) is 1.91. The number of carbonyl (C=O) groups is 1. The minimum Gasteiger partial charge on any atom is -0.459 e. The van der Waals surface area contributed by atoms with E-state index in [0.29, 0.717) is 5.56 Å². The van der Waals surface area contributed by atoms with E-state index in [1.807, 2.05) is 0 Å². The van der Waals surface area contributed by atoms with Crippen LogP contribution in [-0.4, -0.2) is 17.9 Å². The van der Waals surface area contributed by atoms with Gasteiger partial charge in [-0.3, -0.25) is 4.79 Å². The highest BCUT2D eigenvalue weighted by atomic mass is 19.4. The molecule has 0 unspecified atom stereocenters. The molecule has 2 aromatic rings. The summed E-state index contributed by atoms with van der Waals surface area (Å²) in [5, 5.41) is 0. The molecule has 2 rings (SSSR count). The second-order valence-electron chi connectivity index (χ2n) is 4.79. The molecule has 6 heteroatoms. The number of carbonyl (C=O) groups excluding carboxylic acids is 1. The van der Waals surface area contributed by atoms with Crippen molar-refractivity contribution in [3.05, 3.63) is 59.0 Å². The van der Waals surface area contributed by atoms with Gasteiger partial charge in [-0.1, -0.05) is 12.1 Å². The molecular weight excluding hydrogens is 283 g/mol. The standard InChI is InChI=1S/C15H14F3NO2/c1-10-7-8-21-13(10)14(20)19(2)9-11-3-5-12(6-4-11)15(16,17)18/h3-8H,9H2,1-2H3.